The minimum Gasteiger partial charge on any atom is -0.293 e. The van der Waals surface area contributed by atoms with Crippen LogP contribution in [0.5, 0.6) is 0 Å². The van der Waals surface area contributed by atoms with E-state index in [9.17, 15) is 13.2 Å². The molecule has 2 aromatic carbocycles. The van der Waals surface area contributed by atoms with E-state index in [4.69, 9.17) is 11.6 Å². The van der Waals surface area contributed by atoms with Crippen LogP contribution in [0.1, 0.15) is 22.8 Å². The summed E-state index contributed by atoms with van der Waals surface area (Å²) in [4.78, 5) is 12.2. The Morgan fingerprint density at radius 1 is 1.17 bits per heavy atom. The van der Waals surface area contributed by atoms with Gasteiger partial charge in [-0.25, -0.2) is 8.42 Å². The van der Waals surface area contributed by atoms with Crippen LogP contribution < -0.4 is 4.31 Å². The van der Waals surface area contributed by atoms with Crippen LogP contribution in [-0.2, 0) is 16.4 Å². The van der Waals surface area contributed by atoms with Crippen LogP contribution in [0.3, 0.4) is 0 Å². The van der Waals surface area contributed by atoms with Crippen LogP contribution >= 0.6 is 11.6 Å². The molecule has 0 aromatic heterocycles. The van der Waals surface area contributed by atoms with Crippen LogP contribution in [0, 0.1) is 0 Å². The van der Waals surface area contributed by atoms with Gasteiger partial charge in [0, 0.05) is 12.1 Å². The second-order valence-electron chi connectivity index (χ2n) is 5.46. The maximum absolute atomic E-state index is 12.8. The number of nitrogens with zero attached hydrogens (tertiary/aromatic N) is 1. The molecule has 1 aliphatic heterocycles. The van der Waals surface area contributed by atoms with Gasteiger partial charge in [0.15, 0.2) is 5.78 Å². The fourth-order valence-electron chi connectivity index (χ4n) is 2.72. The highest BCUT2D eigenvalue weighted by Gasteiger charge is 2.31. The molecule has 0 radical (unpaired) electrons. The monoisotopic (exact) mass is 349 g/mol. The maximum atomic E-state index is 12.8. The summed E-state index contributed by atoms with van der Waals surface area (Å²) in [6.45, 7) is 2.00. The molecule has 0 spiro atoms. The van der Waals surface area contributed by atoms with Crippen molar-refractivity contribution in [3.05, 3.63) is 59.7 Å². The Morgan fingerprint density at radius 2 is 1.87 bits per heavy atom. The van der Waals surface area contributed by atoms with E-state index in [-0.39, 0.29) is 10.7 Å². The van der Waals surface area contributed by atoms with Crippen LogP contribution in [-0.4, -0.2) is 26.1 Å². The van der Waals surface area contributed by atoms with Gasteiger partial charge in [-0.1, -0.05) is 18.2 Å². The average molecular weight is 350 g/mol. The van der Waals surface area contributed by atoms with Gasteiger partial charge in [-0.05, 0) is 49.2 Å². The number of benzene rings is 2. The van der Waals surface area contributed by atoms with Gasteiger partial charge in [0.2, 0.25) is 0 Å². The predicted molar refractivity (Wildman–Crippen MR) is 90.8 cm³/mol. The zero-order chi connectivity index (χ0) is 16.6. The highest BCUT2D eigenvalue weighted by molar-refractivity contribution is 7.92. The van der Waals surface area contributed by atoms with Gasteiger partial charge in [0.05, 0.1) is 16.0 Å². The quantitative estimate of drug-likeness (QED) is 0.629. The minimum atomic E-state index is -3.58. The summed E-state index contributed by atoms with van der Waals surface area (Å²) in [5.41, 5.74) is 2.01. The molecule has 0 saturated carbocycles. The number of fused-ring (bicyclic) bond motifs is 1. The third kappa shape index (κ3) is 2.86. The third-order valence-corrected chi connectivity index (χ3v) is 5.94. The number of sulfonamides is 1. The van der Waals surface area contributed by atoms with Crippen molar-refractivity contribution in [2.24, 2.45) is 0 Å². The molecule has 120 valence electrons. The average Bonchev–Trinajstić information content (AvgIpc) is 2.98. The molecule has 0 aliphatic carbocycles. The summed E-state index contributed by atoms with van der Waals surface area (Å²) in [5.74, 6) is -0.154. The van der Waals surface area contributed by atoms with Gasteiger partial charge in [0.25, 0.3) is 10.0 Å². The van der Waals surface area contributed by atoms with Gasteiger partial charge < -0.3 is 0 Å². The van der Waals surface area contributed by atoms with Gasteiger partial charge >= 0.3 is 0 Å². The second-order valence-corrected chi connectivity index (χ2v) is 7.98. The lowest BCUT2D eigenvalue weighted by Crippen LogP contribution is -2.29. The van der Waals surface area contributed by atoms with E-state index in [1.165, 1.54) is 4.31 Å². The SMILES string of the molecule is CC(Cl)C(=O)c1ccc2c(c1)CCN2S(=O)(=O)c1ccccc1. The molecule has 1 atom stereocenters. The Kier molecular flexibility index (Phi) is 4.17. The summed E-state index contributed by atoms with van der Waals surface area (Å²) < 4.78 is 26.9. The summed E-state index contributed by atoms with van der Waals surface area (Å²) in [6, 6.07) is 13.4. The topological polar surface area (TPSA) is 54.5 Å². The summed E-state index contributed by atoms with van der Waals surface area (Å²) in [6.07, 6.45) is 0.583. The first-order valence-corrected chi connectivity index (χ1v) is 9.18. The van der Waals surface area contributed by atoms with Crippen molar-refractivity contribution in [2.45, 2.75) is 23.6 Å². The van der Waals surface area contributed by atoms with E-state index >= 15 is 0 Å². The standard InChI is InChI=1S/C17H16ClNO3S/c1-12(18)17(20)14-7-8-16-13(11-14)9-10-19(16)23(21,22)15-5-3-2-4-6-15/h2-8,11-12H,9-10H2,1H3. The zero-order valence-electron chi connectivity index (χ0n) is 12.6. The number of Topliss-reactive ketones (excluding diaryl/α,β-unsaturated/α-hetero) is 1. The Bertz CT molecular complexity index is 847. The summed E-state index contributed by atoms with van der Waals surface area (Å²) in [7, 11) is -3.58. The van der Waals surface area contributed by atoms with E-state index in [1.54, 1.807) is 55.5 Å². The van der Waals surface area contributed by atoms with E-state index < -0.39 is 15.4 Å². The normalized spacial score (nSPS) is 15.3. The van der Waals surface area contributed by atoms with Crippen molar-refractivity contribution in [2.75, 3.05) is 10.8 Å². The van der Waals surface area contributed by atoms with Crippen LogP contribution in [0.25, 0.3) is 0 Å². The molecule has 2 aromatic rings. The molecule has 1 heterocycles. The molecule has 0 saturated heterocycles. The molecular weight excluding hydrogens is 334 g/mol. The third-order valence-electron chi connectivity index (χ3n) is 3.91. The predicted octanol–water partition coefficient (Wildman–Crippen LogP) is 3.25. The molecular formula is C17H16ClNO3S. The Hall–Kier alpha value is -1.85. The fourth-order valence-corrected chi connectivity index (χ4v) is 4.37. The number of carbonyl (C=O) groups is 1. The summed E-state index contributed by atoms with van der Waals surface area (Å²) in [5, 5.41) is -0.599. The molecule has 0 amide bonds. The van der Waals surface area contributed by atoms with Crippen molar-refractivity contribution in [1.29, 1.82) is 0 Å². The van der Waals surface area contributed by atoms with Crippen LogP contribution in [0.15, 0.2) is 53.4 Å². The number of anilines is 1. The van der Waals surface area contributed by atoms with Crippen molar-refractivity contribution in [1.82, 2.24) is 0 Å². The zero-order valence-corrected chi connectivity index (χ0v) is 14.1. The van der Waals surface area contributed by atoms with Gasteiger partial charge in [0.1, 0.15) is 0 Å². The Labute approximate surface area is 140 Å². The summed E-state index contributed by atoms with van der Waals surface area (Å²) >= 11 is 5.84. The maximum Gasteiger partial charge on any atom is 0.264 e. The van der Waals surface area contributed by atoms with Gasteiger partial charge in [-0.3, -0.25) is 9.10 Å². The first kappa shape index (κ1) is 16.0. The van der Waals surface area contributed by atoms with E-state index in [0.29, 0.717) is 24.2 Å². The molecule has 0 N–H and O–H groups in total. The minimum absolute atomic E-state index is 0.154. The lowest BCUT2D eigenvalue weighted by Gasteiger charge is -2.19. The molecule has 1 aliphatic rings. The first-order chi connectivity index (χ1) is 10.9. The molecule has 3 rings (SSSR count). The number of carbonyl (C=O) groups excluding carboxylic acids is 1. The number of rotatable bonds is 4. The highest BCUT2D eigenvalue weighted by atomic mass is 35.5. The molecule has 1 unspecified atom stereocenters. The smallest absolute Gasteiger partial charge is 0.264 e. The molecule has 6 heteroatoms. The largest absolute Gasteiger partial charge is 0.293 e. The van der Waals surface area contributed by atoms with Crippen LogP contribution in [0.2, 0.25) is 0 Å². The van der Waals surface area contributed by atoms with Crippen molar-refractivity contribution >= 4 is 33.1 Å². The van der Waals surface area contributed by atoms with E-state index in [1.807, 2.05) is 0 Å². The van der Waals surface area contributed by atoms with Gasteiger partial charge in [-0.2, -0.15) is 0 Å². The fraction of sp³-hybridized carbons (Fsp3) is 0.235. The first-order valence-electron chi connectivity index (χ1n) is 7.30. The molecule has 0 bridgehead atoms. The van der Waals surface area contributed by atoms with E-state index in [2.05, 4.69) is 0 Å². The molecule has 0 fully saturated rings. The molecule has 23 heavy (non-hydrogen) atoms. The lowest BCUT2D eigenvalue weighted by atomic mass is 10.0. The van der Waals surface area contributed by atoms with Crippen LogP contribution in [0.4, 0.5) is 5.69 Å². The Balaban J connectivity index is 1.98. The lowest BCUT2D eigenvalue weighted by molar-refractivity contribution is 0.0991. The number of hydrogen-bond donors (Lipinski definition) is 0. The van der Waals surface area contributed by atoms with E-state index in [0.717, 1.165) is 5.56 Å². The van der Waals surface area contributed by atoms with Crippen molar-refractivity contribution in [3.8, 4) is 0 Å². The number of halogens is 1. The Morgan fingerprint density at radius 3 is 2.52 bits per heavy atom. The van der Waals surface area contributed by atoms with Crippen molar-refractivity contribution in [3.63, 3.8) is 0 Å². The number of ketones is 1. The second kappa shape index (κ2) is 5.98. The van der Waals surface area contributed by atoms with Gasteiger partial charge in [-0.15, -0.1) is 11.6 Å². The highest BCUT2D eigenvalue weighted by Crippen LogP contribution is 2.33. The number of alkyl halides is 1. The molecule has 4 nitrogen and oxygen atoms in total. The van der Waals surface area contributed by atoms with Crippen molar-refractivity contribution < 1.29 is 13.2 Å². The number of hydrogen-bond acceptors (Lipinski definition) is 3.